The van der Waals surface area contributed by atoms with Gasteiger partial charge in [0.2, 0.25) is 0 Å². The molecule has 124 valence electrons. The molecule has 1 aromatic carbocycles. The van der Waals surface area contributed by atoms with Crippen molar-refractivity contribution in [3.05, 3.63) is 69.4 Å². The Kier molecular flexibility index (Phi) is 3.81. The fourth-order valence-corrected chi connectivity index (χ4v) is 3.47. The molecule has 0 aliphatic heterocycles. The second-order valence-electron chi connectivity index (χ2n) is 6.80. The van der Waals surface area contributed by atoms with E-state index in [0.29, 0.717) is 29.1 Å². The first-order chi connectivity index (χ1) is 12.1. The van der Waals surface area contributed by atoms with Crippen LogP contribution in [0.25, 0.3) is 11.0 Å². The fraction of sp³-hybridized carbons (Fsp3) is 0.300. The Hall–Kier alpha value is -3.00. The van der Waals surface area contributed by atoms with Gasteiger partial charge in [-0.1, -0.05) is 19.1 Å². The molecule has 2 heterocycles. The minimum absolute atomic E-state index is 0.0825. The Morgan fingerprint density at radius 1 is 1.36 bits per heavy atom. The van der Waals surface area contributed by atoms with Crippen LogP contribution in [0.2, 0.25) is 0 Å². The molecule has 0 fully saturated rings. The molecule has 0 amide bonds. The number of hydrogen-bond donors (Lipinski definition) is 0. The van der Waals surface area contributed by atoms with Gasteiger partial charge in [0.15, 0.2) is 5.65 Å². The maximum absolute atomic E-state index is 12.9. The predicted molar refractivity (Wildman–Crippen MR) is 95.2 cm³/mol. The van der Waals surface area contributed by atoms with E-state index in [4.69, 9.17) is 5.26 Å². The number of benzene rings is 1. The molecule has 0 spiro atoms. The molecule has 25 heavy (non-hydrogen) atoms. The number of rotatable bonds is 2. The van der Waals surface area contributed by atoms with Crippen LogP contribution < -0.4 is 5.56 Å². The van der Waals surface area contributed by atoms with Crippen LogP contribution in [-0.4, -0.2) is 14.5 Å². The molecule has 1 aliphatic rings. The van der Waals surface area contributed by atoms with Gasteiger partial charge in [-0.2, -0.15) is 5.26 Å². The first-order valence-electron chi connectivity index (χ1n) is 8.51. The number of aromatic nitrogens is 3. The van der Waals surface area contributed by atoms with E-state index in [1.54, 1.807) is 23.0 Å². The van der Waals surface area contributed by atoms with Crippen LogP contribution in [0.1, 0.15) is 35.7 Å². The molecule has 0 saturated carbocycles. The highest BCUT2D eigenvalue weighted by molar-refractivity contribution is 5.74. The van der Waals surface area contributed by atoms with Crippen LogP contribution in [0, 0.1) is 17.2 Å². The quantitative estimate of drug-likeness (QED) is 0.724. The zero-order valence-electron chi connectivity index (χ0n) is 14.1. The number of nitriles is 1. The summed E-state index contributed by atoms with van der Waals surface area (Å²) in [4.78, 5) is 21.9. The Labute approximate surface area is 145 Å². The molecule has 2 aromatic heterocycles. The van der Waals surface area contributed by atoms with Gasteiger partial charge in [0.25, 0.3) is 5.56 Å². The third-order valence-electron chi connectivity index (χ3n) is 4.83. The highest BCUT2D eigenvalue weighted by Crippen LogP contribution is 2.25. The number of aryl methyl sites for hydroxylation is 1. The Morgan fingerprint density at radius 2 is 2.24 bits per heavy atom. The van der Waals surface area contributed by atoms with Crippen molar-refractivity contribution in [2.45, 2.75) is 32.7 Å². The van der Waals surface area contributed by atoms with Crippen molar-refractivity contribution in [1.82, 2.24) is 14.5 Å². The summed E-state index contributed by atoms with van der Waals surface area (Å²) in [5.41, 5.74) is 4.19. The van der Waals surface area contributed by atoms with Crippen molar-refractivity contribution in [3.63, 3.8) is 0 Å². The van der Waals surface area contributed by atoms with Gasteiger partial charge in [0, 0.05) is 5.69 Å². The molecular weight excluding hydrogens is 312 g/mol. The van der Waals surface area contributed by atoms with E-state index in [1.807, 2.05) is 18.2 Å². The van der Waals surface area contributed by atoms with Gasteiger partial charge in [-0.25, -0.2) is 9.97 Å². The fourth-order valence-electron chi connectivity index (χ4n) is 3.47. The second kappa shape index (κ2) is 6.14. The Morgan fingerprint density at radius 3 is 3.08 bits per heavy atom. The summed E-state index contributed by atoms with van der Waals surface area (Å²) in [7, 11) is 0. The average molecular weight is 330 g/mol. The van der Waals surface area contributed by atoms with Crippen LogP contribution in [-0.2, 0) is 19.4 Å². The predicted octanol–water partition coefficient (Wildman–Crippen LogP) is 2.84. The molecule has 1 aliphatic carbocycles. The van der Waals surface area contributed by atoms with Crippen LogP contribution >= 0.6 is 0 Å². The van der Waals surface area contributed by atoms with Crippen molar-refractivity contribution in [2.75, 3.05) is 0 Å². The van der Waals surface area contributed by atoms with E-state index < -0.39 is 0 Å². The molecule has 1 unspecified atom stereocenters. The van der Waals surface area contributed by atoms with Gasteiger partial charge in [0.1, 0.15) is 6.33 Å². The number of hydrogen-bond acceptors (Lipinski definition) is 4. The lowest BCUT2D eigenvalue weighted by molar-refractivity contribution is 0.495. The molecule has 0 N–H and O–H groups in total. The second-order valence-corrected chi connectivity index (χ2v) is 6.80. The highest BCUT2D eigenvalue weighted by Gasteiger charge is 2.18. The van der Waals surface area contributed by atoms with Crippen LogP contribution in [0.5, 0.6) is 0 Å². The largest absolute Gasteiger partial charge is 0.294 e. The normalized spacial score (nSPS) is 16.4. The SMILES string of the molecule is CC1CCc2nc3ncn(Cc4cccc(C#N)c4)c(=O)c3cc2C1. The first-order valence-corrected chi connectivity index (χ1v) is 8.51. The Bertz CT molecular complexity index is 1060. The lowest BCUT2D eigenvalue weighted by Gasteiger charge is -2.20. The number of fused-ring (bicyclic) bond motifs is 2. The smallest absolute Gasteiger partial charge is 0.263 e. The van der Waals surface area contributed by atoms with Gasteiger partial charge < -0.3 is 0 Å². The van der Waals surface area contributed by atoms with Crippen molar-refractivity contribution >= 4 is 11.0 Å². The van der Waals surface area contributed by atoms with E-state index in [2.05, 4.69) is 23.0 Å². The van der Waals surface area contributed by atoms with Crippen molar-refractivity contribution in [1.29, 1.82) is 5.26 Å². The van der Waals surface area contributed by atoms with E-state index >= 15 is 0 Å². The van der Waals surface area contributed by atoms with E-state index in [-0.39, 0.29) is 5.56 Å². The van der Waals surface area contributed by atoms with Gasteiger partial charge in [-0.15, -0.1) is 0 Å². The molecule has 3 aromatic rings. The van der Waals surface area contributed by atoms with Crippen molar-refractivity contribution in [3.8, 4) is 6.07 Å². The summed E-state index contributed by atoms with van der Waals surface area (Å²) in [5.74, 6) is 0.624. The van der Waals surface area contributed by atoms with E-state index in [0.717, 1.165) is 30.5 Å². The molecule has 5 nitrogen and oxygen atoms in total. The molecular formula is C20H18N4O. The third kappa shape index (κ3) is 2.91. The minimum atomic E-state index is -0.0825. The molecule has 1 atom stereocenters. The topological polar surface area (TPSA) is 71.6 Å². The zero-order chi connectivity index (χ0) is 17.4. The van der Waals surface area contributed by atoms with Crippen LogP contribution in [0.4, 0.5) is 0 Å². The van der Waals surface area contributed by atoms with Crippen molar-refractivity contribution < 1.29 is 0 Å². The highest BCUT2D eigenvalue weighted by atomic mass is 16.1. The summed E-state index contributed by atoms with van der Waals surface area (Å²) in [6.45, 7) is 2.63. The van der Waals surface area contributed by atoms with E-state index in [9.17, 15) is 4.79 Å². The zero-order valence-corrected chi connectivity index (χ0v) is 14.1. The molecule has 0 saturated heterocycles. The van der Waals surface area contributed by atoms with Crippen LogP contribution in [0.3, 0.4) is 0 Å². The molecule has 5 heteroatoms. The Balaban J connectivity index is 1.77. The van der Waals surface area contributed by atoms with Crippen LogP contribution in [0.15, 0.2) is 41.5 Å². The lowest BCUT2D eigenvalue weighted by Crippen LogP contribution is -2.23. The summed E-state index contributed by atoms with van der Waals surface area (Å²) in [5, 5.41) is 9.59. The van der Waals surface area contributed by atoms with Gasteiger partial charge in [0.05, 0.1) is 23.6 Å². The maximum atomic E-state index is 12.9. The summed E-state index contributed by atoms with van der Waals surface area (Å²) in [6.07, 6.45) is 4.61. The maximum Gasteiger partial charge on any atom is 0.263 e. The minimum Gasteiger partial charge on any atom is -0.294 e. The average Bonchev–Trinajstić information content (AvgIpc) is 2.63. The molecule has 0 bridgehead atoms. The van der Waals surface area contributed by atoms with E-state index in [1.165, 1.54) is 5.56 Å². The molecule has 4 rings (SSSR count). The summed E-state index contributed by atoms with van der Waals surface area (Å²) < 4.78 is 1.58. The summed E-state index contributed by atoms with van der Waals surface area (Å²) >= 11 is 0. The van der Waals surface area contributed by atoms with Gasteiger partial charge in [-0.05, 0) is 54.5 Å². The third-order valence-corrected chi connectivity index (χ3v) is 4.83. The standard InChI is InChI=1S/C20H18N4O/c1-13-5-6-18-16(7-13)9-17-19(23-18)22-12-24(20(17)25)11-15-4-2-3-14(8-15)10-21/h2-4,8-9,12-13H,5-7,11H2,1H3. The number of pyridine rings is 1. The van der Waals surface area contributed by atoms with Gasteiger partial charge >= 0.3 is 0 Å². The molecule has 0 radical (unpaired) electrons. The lowest BCUT2D eigenvalue weighted by atomic mass is 9.87. The summed E-state index contributed by atoms with van der Waals surface area (Å²) in [6, 6.07) is 11.4. The monoisotopic (exact) mass is 330 g/mol. The van der Waals surface area contributed by atoms with Gasteiger partial charge in [-0.3, -0.25) is 9.36 Å². The van der Waals surface area contributed by atoms with Crippen molar-refractivity contribution in [2.24, 2.45) is 5.92 Å². The first kappa shape index (κ1) is 15.5. The number of nitrogens with zero attached hydrogens (tertiary/aromatic N) is 4.